The zero-order valence-electron chi connectivity index (χ0n) is 26.6. The maximum atomic E-state index is 5.06. The average Bonchev–Trinajstić information content (AvgIpc) is 3.50. The Hall–Kier alpha value is -5.47. The number of rotatable bonds is 3. The van der Waals surface area contributed by atoms with Gasteiger partial charge in [0.05, 0.1) is 11.4 Å². The molecule has 46 heavy (non-hydrogen) atoms. The van der Waals surface area contributed by atoms with Gasteiger partial charge in [0.2, 0.25) is 0 Å². The molecule has 0 bridgehead atoms. The summed E-state index contributed by atoms with van der Waals surface area (Å²) in [6.07, 6.45) is 0. The fourth-order valence-electron chi connectivity index (χ4n) is 8.11. The molecule has 8 aromatic rings. The molecule has 0 amide bonds. The van der Waals surface area contributed by atoms with E-state index in [0.29, 0.717) is 0 Å². The molecular formula is C44H34N2. The van der Waals surface area contributed by atoms with Crippen molar-refractivity contribution in [2.45, 2.75) is 33.1 Å². The number of para-hydroxylation sites is 1. The van der Waals surface area contributed by atoms with Gasteiger partial charge >= 0.3 is 0 Å². The van der Waals surface area contributed by atoms with Gasteiger partial charge in [-0.2, -0.15) is 5.10 Å². The molecule has 0 spiro atoms. The Balaban J connectivity index is 1.31. The first-order valence-corrected chi connectivity index (χ1v) is 16.2. The van der Waals surface area contributed by atoms with Crippen molar-refractivity contribution in [2.24, 2.45) is 0 Å². The van der Waals surface area contributed by atoms with E-state index in [0.717, 1.165) is 17.1 Å². The quantitative estimate of drug-likeness (QED) is 0.187. The van der Waals surface area contributed by atoms with Crippen molar-refractivity contribution in [1.29, 1.82) is 0 Å². The summed E-state index contributed by atoms with van der Waals surface area (Å²) in [4.78, 5) is 0. The second-order valence-electron chi connectivity index (χ2n) is 13.3. The van der Waals surface area contributed by atoms with Crippen LogP contribution in [0.2, 0.25) is 0 Å². The summed E-state index contributed by atoms with van der Waals surface area (Å²) < 4.78 is 2.09. The lowest BCUT2D eigenvalue weighted by Crippen LogP contribution is -2.15. The molecule has 1 aliphatic carbocycles. The number of aryl methyl sites for hydroxylation is 1. The Kier molecular flexibility index (Phi) is 5.71. The van der Waals surface area contributed by atoms with Crippen LogP contribution < -0.4 is 0 Å². The Labute approximate surface area is 269 Å². The van der Waals surface area contributed by atoms with E-state index < -0.39 is 0 Å². The van der Waals surface area contributed by atoms with Crippen molar-refractivity contribution in [2.75, 3.05) is 0 Å². The molecule has 0 unspecified atom stereocenters. The van der Waals surface area contributed by atoms with Crippen LogP contribution in [0.3, 0.4) is 0 Å². The van der Waals surface area contributed by atoms with Gasteiger partial charge in [-0.25, -0.2) is 4.68 Å². The smallest absolute Gasteiger partial charge is 0.0679 e. The van der Waals surface area contributed by atoms with Crippen LogP contribution in [-0.4, -0.2) is 9.78 Å². The molecule has 2 nitrogen and oxygen atoms in total. The first kappa shape index (κ1) is 26.9. The van der Waals surface area contributed by atoms with Crippen LogP contribution in [-0.2, 0) is 5.41 Å². The largest absolute Gasteiger partial charge is 0.237 e. The van der Waals surface area contributed by atoms with Gasteiger partial charge in [0.1, 0.15) is 0 Å². The van der Waals surface area contributed by atoms with Crippen LogP contribution in [0.15, 0.2) is 133 Å². The molecule has 9 rings (SSSR count). The highest BCUT2D eigenvalue weighted by Gasteiger charge is 2.36. The lowest BCUT2D eigenvalue weighted by atomic mass is 9.80. The van der Waals surface area contributed by atoms with E-state index >= 15 is 0 Å². The van der Waals surface area contributed by atoms with Crippen LogP contribution in [0, 0.1) is 13.8 Å². The third-order valence-electron chi connectivity index (χ3n) is 10.3. The Morgan fingerprint density at radius 3 is 1.70 bits per heavy atom. The zero-order valence-corrected chi connectivity index (χ0v) is 26.6. The average molecular weight is 591 g/mol. The lowest BCUT2D eigenvalue weighted by Gasteiger charge is -2.23. The standard InChI is InChI=1S/C44H34N2/c1-27-41(28(2)46(45-27)32-16-6-5-7-17-32)43-36-20-12-10-18-34(36)42(35-19-11-13-21-37(35)43)31-22-23-33-38-24-29-14-8-9-15-30(29)25-40(38)44(3,4)39(33)26-31/h5-26H,1-4H3. The SMILES string of the molecule is Cc1nn(-c2ccccc2)c(C)c1-c1c2ccccc2c(-c2ccc3c(c2)C(C)(C)c2cc4ccccc4cc2-3)c2ccccc12. The van der Waals surface area contributed by atoms with Gasteiger partial charge in [-0.05, 0) is 110 Å². The van der Waals surface area contributed by atoms with Crippen molar-refractivity contribution < 1.29 is 0 Å². The number of hydrogen-bond acceptors (Lipinski definition) is 1. The van der Waals surface area contributed by atoms with Crippen LogP contribution in [0.1, 0.15) is 36.4 Å². The molecule has 1 aromatic heterocycles. The molecule has 0 aliphatic heterocycles. The summed E-state index contributed by atoms with van der Waals surface area (Å²) in [5.41, 5.74) is 13.7. The van der Waals surface area contributed by atoms with E-state index in [2.05, 4.69) is 166 Å². The monoisotopic (exact) mass is 590 g/mol. The highest BCUT2D eigenvalue weighted by molar-refractivity contribution is 6.22. The lowest BCUT2D eigenvalue weighted by molar-refractivity contribution is 0.661. The number of fused-ring (bicyclic) bond motifs is 6. The molecule has 0 N–H and O–H groups in total. The summed E-state index contributed by atoms with van der Waals surface area (Å²) in [5.74, 6) is 0. The summed E-state index contributed by atoms with van der Waals surface area (Å²) in [6, 6.07) is 49.0. The van der Waals surface area contributed by atoms with E-state index in [-0.39, 0.29) is 5.41 Å². The van der Waals surface area contributed by atoms with E-state index in [9.17, 15) is 0 Å². The summed E-state index contributed by atoms with van der Waals surface area (Å²) in [5, 5.41) is 12.7. The molecule has 220 valence electrons. The van der Waals surface area contributed by atoms with E-state index in [1.807, 2.05) is 0 Å². The highest BCUT2D eigenvalue weighted by Crippen LogP contribution is 2.52. The van der Waals surface area contributed by atoms with Crippen LogP contribution >= 0.6 is 0 Å². The highest BCUT2D eigenvalue weighted by atomic mass is 15.3. The number of nitrogens with zero attached hydrogens (tertiary/aromatic N) is 2. The van der Waals surface area contributed by atoms with Crippen molar-refractivity contribution in [1.82, 2.24) is 9.78 Å². The van der Waals surface area contributed by atoms with E-state index in [4.69, 9.17) is 5.10 Å². The summed E-state index contributed by atoms with van der Waals surface area (Å²) >= 11 is 0. The molecule has 0 atom stereocenters. The third-order valence-corrected chi connectivity index (χ3v) is 10.3. The Morgan fingerprint density at radius 1 is 0.500 bits per heavy atom. The van der Waals surface area contributed by atoms with Crippen molar-refractivity contribution in [3.8, 4) is 39.1 Å². The first-order chi connectivity index (χ1) is 22.4. The molecule has 2 heteroatoms. The molecule has 1 heterocycles. The minimum Gasteiger partial charge on any atom is -0.237 e. The topological polar surface area (TPSA) is 17.8 Å². The van der Waals surface area contributed by atoms with Gasteiger partial charge in [-0.3, -0.25) is 0 Å². The molecule has 1 aliphatic rings. The van der Waals surface area contributed by atoms with E-state index in [1.54, 1.807) is 0 Å². The minimum atomic E-state index is -0.101. The van der Waals surface area contributed by atoms with Gasteiger partial charge in [0.15, 0.2) is 0 Å². The number of aromatic nitrogens is 2. The Bertz CT molecular complexity index is 2460. The maximum absolute atomic E-state index is 5.06. The van der Waals surface area contributed by atoms with Crippen LogP contribution in [0.4, 0.5) is 0 Å². The first-order valence-electron chi connectivity index (χ1n) is 16.2. The van der Waals surface area contributed by atoms with Gasteiger partial charge in [-0.15, -0.1) is 0 Å². The van der Waals surface area contributed by atoms with Crippen LogP contribution in [0.5, 0.6) is 0 Å². The molecule has 0 fully saturated rings. The number of hydrogen-bond donors (Lipinski definition) is 0. The second kappa shape index (κ2) is 9.76. The molecule has 7 aromatic carbocycles. The zero-order chi connectivity index (χ0) is 31.2. The second-order valence-corrected chi connectivity index (χ2v) is 13.3. The van der Waals surface area contributed by atoms with E-state index in [1.165, 1.54) is 76.8 Å². The van der Waals surface area contributed by atoms with Crippen molar-refractivity contribution in [3.63, 3.8) is 0 Å². The fourth-order valence-corrected chi connectivity index (χ4v) is 8.11. The summed E-state index contributed by atoms with van der Waals surface area (Å²) in [6.45, 7) is 9.10. The molecule has 0 saturated carbocycles. The normalized spacial score (nSPS) is 13.4. The fraction of sp³-hybridized carbons (Fsp3) is 0.114. The van der Waals surface area contributed by atoms with Crippen LogP contribution in [0.25, 0.3) is 71.4 Å². The van der Waals surface area contributed by atoms with Gasteiger partial charge in [0.25, 0.3) is 0 Å². The minimum absolute atomic E-state index is 0.101. The maximum Gasteiger partial charge on any atom is 0.0679 e. The molecule has 0 radical (unpaired) electrons. The van der Waals surface area contributed by atoms with Crippen molar-refractivity contribution >= 4 is 32.3 Å². The Morgan fingerprint density at radius 2 is 1.04 bits per heavy atom. The third kappa shape index (κ3) is 3.74. The summed E-state index contributed by atoms with van der Waals surface area (Å²) in [7, 11) is 0. The predicted molar refractivity (Wildman–Crippen MR) is 194 cm³/mol. The van der Waals surface area contributed by atoms with Gasteiger partial charge in [-0.1, -0.05) is 117 Å². The van der Waals surface area contributed by atoms with Gasteiger partial charge < -0.3 is 0 Å². The van der Waals surface area contributed by atoms with Gasteiger partial charge in [0, 0.05) is 22.2 Å². The van der Waals surface area contributed by atoms with Crippen molar-refractivity contribution in [3.05, 3.63) is 156 Å². The predicted octanol–water partition coefficient (Wildman–Crippen LogP) is 11.6. The number of benzene rings is 7. The molecular weight excluding hydrogens is 556 g/mol. The molecule has 0 saturated heterocycles.